The molecule has 3 unspecified atom stereocenters. The molecule has 0 saturated carbocycles. The number of likely N-dealkylation sites (N-methyl/N-ethyl adjacent to an activating group) is 1. The molecule has 0 saturated heterocycles. The van der Waals surface area contributed by atoms with E-state index in [1.54, 1.807) is 0 Å². The van der Waals surface area contributed by atoms with Crippen LogP contribution in [0, 0.1) is 0 Å². The summed E-state index contributed by atoms with van der Waals surface area (Å²) in [5.74, 6) is -0.557. The van der Waals surface area contributed by atoms with Gasteiger partial charge in [-0.05, 0) is 115 Å². The number of carbonyl (C=O) groups excluding carboxylic acids is 2. The van der Waals surface area contributed by atoms with E-state index in [4.69, 9.17) is 13.8 Å². The number of allylic oxidation sites excluding steroid dienone is 15. The van der Waals surface area contributed by atoms with Gasteiger partial charge in [0.2, 0.25) is 5.91 Å². The lowest BCUT2D eigenvalue weighted by atomic mass is 10.0. The van der Waals surface area contributed by atoms with E-state index in [-0.39, 0.29) is 24.9 Å². The number of phosphoric acid groups is 1. The maximum atomic E-state index is 13.6. The average Bonchev–Trinajstić information content (AvgIpc) is 3.70. The van der Waals surface area contributed by atoms with E-state index in [1.165, 1.54) is 186 Å². The number of ether oxygens (including phenoxy) is 1. The molecule has 0 rings (SSSR count). The smallest absolute Gasteiger partial charge is 0.306 e. The molecule has 3 atom stereocenters. The zero-order valence-electron chi connectivity index (χ0n) is 57.7. The Morgan fingerprint density at radius 3 is 1.07 bits per heavy atom. The van der Waals surface area contributed by atoms with Crippen LogP contribution in [0.25, 0.3) is 0 Å². The summed E-state index contributed by atoms with van der Waals surface area (Å²) in [7, 11) is 1.17. The number of quaternary nitrogens is 1. The summed E-state index contributed by atoms with van der Waals surface area (Å²) in [6, 6.07) is -0.903. The largest absolute Gasteiger partial charge is 0.756 e. The zero-order valence-corrected chi connectivity index (χ0v) is 58.6. The molecule has 1 amide bonds. The van der Waals surface area contributed by atoms with Crippen LogP contribution in [0.15, 0.2) is 97.2 Å². The highest BCUT2D eigenvalue weighted by Crippen LogP contribution is 2.38. The van der Waals surface area contributed by atoms with Crippen molar-refractivity contribution in [3.63, 3.8) is 0 Å². The van der Waals surface area contributed by atoms with Crippen LogP contribution in [0.2, 0.25) is 0 Å². The Balaban J connectivity index is 5.10. The maximum absolute atomic E-state index is 13.6. The van der Waals surface area contributed by atoms with Gasteiger partial charge in [-0.25, -0.2) is 0 Å². The van der Waals surface area contributed by atoms with Crippen LogP contribution in [-0.4, -0.2) is 69.4 Å². The second-order valence-electron chi connectivity index (χ2n) is 25.7. The number of amides is 1. The molecule has 0 aromatic heterocycles. The molecule has 0 aliphatic heterocycles. The first-order valence-electron chi connectivity index (χ1n) is 36.5. The normalized spacial score (nSPS) is 14.1. The minimum Gasteiger partial charge on any atom is -0.756 e. The third-order valence-electron chi connectivity index (χ3n) is 16.0. The van der Waals surface area contributed by atoms with Crippen LogP contribution >= 0.6 is 7.82 Å². The first-order valence-corrected chi connectivity index (χ1v) is 38.0. The molecule has 0 aromatic carbocycles. The van der Waals surface area contributed by atoms with E-state index >= 15 is 0 Å². The summed E-state index contributed by atoms with van der Waals surface area (Å²) >= 11 is 0. The second kappa shape index (κ2) is 65.9. The number of rotatable bonds is 66. The van der Waals surface area contributed by atoms with Crippen molar-refractivity contribution in [2.24, 2.45) is 0 Å². The van der Waals surface area contributed by atoms with Crippen molar-refractivity contribution in [2.75, 3.05) is 40.9 Å². The van der Waals surface area contributed by atoms with E-state index in [9.17, 15) is 19.0 Å². The number of nitrogens with one attached hydrogen (secondary N) is 1. The SMILES string of the molecule is CCCCC/C=C\C/C=C\C/C=C\C/C=C\CCCCCCCC(=O)OC(/C=C\CCCCCCCCCCCCC)C(COP(=O)([O-])OCC[N+](C)(C)C)NC(=O)CCCCCCCCCCCCCCCC/C=C\C/C=C\C/C=C\CCCCC. The fourth-order valence-electron chi connectivity index (χ4n) is 10.3. The summed E-state index contributed by atoms with van der Waals surface area (Å²) in [6.07, 6.45) is 89.5. The molecule has 9 nitrogen and oxygen atoms in total. The van der Waals surface area contributed by atoms with Crippen LogP contribution in [0.4, 0.5) is 0 Å². The molecule has 504 valence electrons. The fraction of sp³-hybridized carbons (Fsp3) is 0.766. The molecule has 0 aliphatic rings. The highest BCUT2D eigenvalue weighted by atomic mass is 31.2. The van der Waals surface area contributed by atoms with Gasteiger partial charge in [0.25, 0.3) is 7.82 Å². The average molecular weight is 1240 g/mol. The van der Waals surface area contributed by atoms with Gasteiger partial charge < -0.3 is 28.5 Å². The van der Waals surface area contributed by atoms with E-state index in [2.05, 4.69) is 111 Å². The summed E-state index contributed by atoms with van der Waals surface area (Å²) in [5.41, 5.74) is 0. The van der Waals surface area contributed by atoms with Gasteiger partial charge in [-0.15, -0.1) is 0 Å². The van der Waals surface area contributed by atoms with Gasteiger partial charge >= 0.3 is 5.97 Å². The Morgan fingerprint density at radius 2 is 0.701 bits per heavy atom. The van der Waals surface area contributed by atoms with Crippen LogP contribution in [0.5, 0.6) is 0 Å². The van der Waals surface area contributed by atoms with Gasteiger partial charge in [-0.1, -0.05) is 298 Å². The van der Waals surface area contributed by atoms with Crippen molar-refractivity contribution in [3.8, 4) is 0 Å². The molecule has 0 heterocycles. The monoisotopic (exact) mass is 1240 g/mol. The lowest BCUT2D eigenvalue weighted by Gasteiger charge is -2.30. The third-order valence-corrected chi connectivity index (χ3v) is 17.0. The first kappa shape index (κ1) is 83.9. The van der Waals surface area contributed by atoms with Gasteiger partial charge in [-0.2, -0.15) is 0 Å². The minimum atomic E-state index is -4.72. The number of phosphoric ester groups is 1. The quantitative estimate of drug-likeness (QED) is 0.0212. The Hall–Kier alpha value is -3.07. The number of hydrogen-bond donors (Lipinski definition) is 1. The van der Waals surface area contributed by atoms with E-state index < -0.39 is 26.6 Å². The molecule has 0 bridgehead atoms. The lowest BCUT2D eigenvalue weighted by molar-refractivity contribution is -0.870. The molecule has 0 spiro atoms. The summed E-state index contributed by atoms with van der Waals surface area (Å²) in [4.78, 5) is 40.2. The van der Waals surface area contributed by atoms with E-state index in [0.717, 1.165) is 103 Å². The van der Waals surface area contributed by atoms with Crippen molar-refractivity contribution >= 4 is 19.7 Å². The van der Waals surface area contributed by atoms with Gasteiger partial charge in [-0.3, -0.25) is 14.2 Å². The summed E-state index contributed by atoms with van der Waals surface area (Å²) in [5, 5.41) is 3.04. The molecular weight excluding hydrogens is 1100 g/mol. The standard InChI is InChI=1S/C77H139N2O7P/c1-7-10-13-16-19-22-25-28-30-32-34-36-37-38-39-40-41-43-44-46-48-51-54-57-60-63-66-69-76(80)78-74(73-85-87(82,83)84-72-71-79(4,5)6)75(68-65-62-59-56-53-50-27-24-21-18-15-12-9-3)86-77(81)70-67-64-61-58-55-52-49-47-45-42-35-33-31-29-26-23-20-17-14-11-8-2/h19-20,22-23,28-31,34-36,42,47,49,65,68,74-75H,7-18,21,24-27,32-33,37-41,43-46,48,50-64,66-67,69-73H2,1-6H3,(H-,78,80,82,83)/b22-19-,23-20-,30-28-,31-29-,36-34-,42-35-,49-47-,68-65-. The van der Waals surface area contributed by atoms with E-state index in [1.807, 2.05) is 33.3 Å². The highest BCUT2D eigenvalue weighted by molar-refractivity contribution is 7.45. The molecule has 87 heavy (non-hydrogen) atoms. The van der Waals surface area contributed by atoms with Crippen molar-refractivity contribution in [1.82, 2.24) is 5.32 Å². The number of nitrogens with zero attached hydrogens (tertiary/aromatic N) is 1. The van der Waals surface area contributed by atoms with Crippen LogP contribution in [-0.2, 0) is 27.9 Å². The van der Waals surface area contributed by atoms with Crippen molar-refractivity contribution in [2.45, 2.75) is 341 Å². The number of unbranched alkanes of at least 4 members (excludes halogenated alkanes) is 36. The molecule has 10 heteroatoms. The highest BCUT2D eigenvalue weighted by Gasteiger charge is 2.27. The molecule has 1 N–H and O–H groups in total. The molecule has 0 fully saturated rings. The topological polar surface area (TPSA) is 114 Å². The van der Waals surface area contributed by atoms with Crippen LogP contribution in [0.1, 0.15) is 329 Å². The second-order valence-corrected chi connectivity index (χ2v) is 27.1. The maximum Gasteiger partial charge on any atom is 0.306 e. The molecule has 0 radical (unpaired) electrons. The number of hydrogen-bond acceptors (Lipinski definition) is 7. The summed E-state index contributed by atoms with van der Waals surface area (Å²) in [6.45, 7) is 6.80. The molecular formula is C77H139N2O7P. The zero-order chi connectivity index (χ0) is 63.5. The van der Waals surface area contributed by atoms with Gasteiger partial charge in [0.05, 0.1) is 33.8 Å². The minimum absolute atomic E-state index is 0.0288. The van der Waals surface area contributed by atoms with Gasteiger partial charge in [0.15, 0.2) is 0 Å². The van der Waals surface area contributed by atoms with Crippen molar-refractivity contribution in [1.29, 1.82) is 0 Å². The Kier molecular flexibility index (Phi) is 63.5. The van der Waals surface area contributed by atoms with Crippen molar-refractivity contribution in [3.05, 3.63) is 97.2 Å². The first-order chi connectivity index (χ1) is 42.4. The Morgan fingerprint density at radius 1 is 0.402 bits per heavy atom. The molecule has 0 aliphatic carbocycles. The van der Waals surface area contributed by atoms with Gasteiger partial charge in [0.1, 0.15) is 19.3 Å². The third kappa shape index (κ3) is 67.2. The van der Waals surface area contributed by atoms with Crippen LogP contribution in [0.3, 0.4) is 0 Å². The predicted molar refractivity (Wildman–Crippen MR) is 376 cm³/mol. The number of esters is 1. The lowest BCUT2D eigenvalue weighted by Crippen LogP contribution is -2.47. The van der Waals surface area contributed by atoms with Crippen LogP contribution < -0.4 is 10.2 Å². The van der Waals surface area contributed by atoms with Gasteiger partial charge in [0, 0.05) is 12.8 Å². The number of carbonyl (C=O) groups is 2. The Labute approximate surface area is 538 Å². The predicted octanol–water partition coefficient (Wildman–Crippen LogP) is 22.8. The Bertz CT molecular complexity index is 1810. The molecule has 0 aromatic rings. The van der Waals surface area contributed by atoms with Crippen molar-refractivity contribution < 1.29 is 37.3 Å². The summed E-state index contributed by atoms with van der Waals surface area (Å²) < 4.78 is 30.5. The van der Waals surface area contributed by atoms with E-state index in [0.29, 0.717) is 23.9 Å². The fourth-order valence-corrected chi connectivity index (χ4v) is 11.1.